The number of methoxy groups -OCH3 is 1. The number of aryl methyl sites for hydroxylation is 1. The Morgan fingerprint density at radius 2 is 1.85 bits per heavy atom. The summed E-state index contributed by atoms with van der Waals surface area (Å²) in [6.07, 6.45) is 3.02. The summed E-state index contributed by atoms with van der Waals surface area (Å²) in [7, 11) is -4.19. The highest BCUT2D eigenvalue weighted by atomic mass is 32.2. The molecule has 0 aromatic heterocycles. The number of rotatable bonds is 6. The molecule has 3 aliphatic rings. The number of fused-ring (bicyclic) bond motifs is 4. The SMILES string of the molecule is COc1cccc2c1[C@@H]1C[C@@](C)(O[C@@H]1/C=C1/CCN=C1NS(=O)(=O)c1ccc(C)cc1)[C@@H]2O[Si](C)(C)C(C)(C)C. The Bertz CT molecular complexity index is 1460. The zero-order valence-corrected chi connectivity index (χ0v) is 26.7. The molecule has 9 heteroatoms. The van der Waals surface area contributed by atoms with Crippen LogP contribution in [0.5, 0.6) is 5.75 Å². The van der Waals surface area contributed by atoms with Crippen molar-refractivity contribution in [2.24, 2.45) is 4.99 Å². The van der Waals surface area contributed by atoms with Crippen molar-refractivity contribution in [3.63, 3.8) is 0 Å². The first kappa shape index (κ1) is 29.0. The van der Waals surface area contributed by atoms with Crippen molar-refractivity contribution in [3.05, 3.63) is 70.8 Å². The molecule has 2 aliphatic heterocycles. The van der Waals surface area contributed by atoms with Crippen LogP contribution < -0.4 is 9.46 Å². The second-order valence-corrected chi connectivity index (χ2v) is 19.5. The molecule has 0 saturated carbocycles. The number of amidine groups is 1. The standard InChI is InChI=1S/C31H42N2O5SSi/c1-20-12-14-22(15-13-20)39(34,35)33-29-21(16-17-32-29)18-26-24-19-31(5,37-26)28(38-40(7,8)30(2,3)4)23-10-9-11-25(36-6)27(23)24/h9-15,18,24,26,28H,16-17,19H2,1-8H3,(H,32,33)/b21-18-/t24-,26-,28-,31-/m1/s1. The van der Waals surface area contributed by atoms with Crippen molar-refractivity contribution in [1.29, 1.82) is 0 Å². The minimum atomic E-state index is -3.76. The molecule has 0 spiro atoms. The van der Waals surface area contributed by atoms with E-state index in [9.17, 15) is 8.42 Å². The van der Waals surface area contributed by atoms with Gasteiger partial charge >= 0.3 is 0 Å². The van der Waals surface area contributed by atoms with E-state index in [1.54, 1.807) is 31.4 Å². The molecule has 2 aromatic carbocycles. The average molecular weight is 583 g/mol. The van der Waals surface area contributed by atoms with Gasteiger partial charge in [0, 0.05) is 18.0 Å². The highest BCUT2D eigenvalue weighted by Crippen LogP contribution is 2.59. The fraction of sp³-hybridized carbons (Fsp3) is 0.516. The summed E-state index contributed by atoms with van der Waals surface area (Å²) in [5.74, 6) is 1.28. The summed E-state index contributed by atoms with van der Waals surface area (Å²) >= 11 is 0. The Hall–Kier alpha value is -2.46. The number of nitrogens with zero attached hydrogens (tertiary/aromatic N) is 1. The molecule has 5 rings (SSSR count). The molecule has 1 N–H and O–H groups in total. The second-order valence-electron chi connectivity index (χ2n) is 13.0. The van der Waals surface area contributed by atoms with Crippen LogP contribution in [0.3, 0.4) is 0 Å². The van der Waals surface area contributed by atoms with Crippen LogP contribution in [0.1, 0.15) is 69.2 Å². The number of hydrogen-bond donors (Lipinski definition) is 1. The first-order valence-electron chi connectivity index (χ1n) is 14.0. The Labute approximate surface area is 240 Å². The lowest BCUT2D eigenvalue weighted by atomic mass is 9.73. The van der Waals surface area contributed by atoms with Crippen molar-refractivity contribution in [1.82, 2.24) is 4.72 Å². The van der Waals surface area contributed by atoms with Crippen molar-refractivity contribution < 1.29 is 22.3 Å². The maximum Gasteiger partial charge on any atom is 0.263 e. The fourth-order valence-electron chi connectivity index (χ4n) is 5.80. The zero-order chi connectivity index (χ0) is 29.1. The van der Waals surface area contributed by atoms with Crippen molar-refractivity contribution in [2.45, 2.75) is 94.2 Å². The highest BCUT2D eigenvalue weighted by Gasteiger charge is 2.57. The van der Waals surface area contributed by atoms with Crippen LogP contribution in [-0.4, -0.2) is 47.9 Å². The molecule has 2 aromatic rings. The van der Waals surface area contributed by atoms with Crippen LogP contribution in [0, 0.1) is 6.92 Å². The Morgan fingerprint density at radius 1 is 1.15 bits per heavy atom. The van der Waals surface area contributed by atoms with Crippen molar-refractivity contribution in [3.8, 4) is 5.75 Å². The van der Waals surface area contributed by atoms with Crippen molar-refractivity contribution >= 4 is 24.2 Å². The third-order valence-corrected chi connectivity index (χ3v) is 14.8. The molecule has 1 aliphatic carbocycles. The van der Waals surface area contributed by atoms with Gasteiger partial charge in [0.25, 0.3) is 10.0 Å². The monoisotopic (exact) mass is 582 g/mol. The number of nitrogens with one attached hydrogen (secondary N) is 1. The topological polar surface area (TPSA) is 86.2 Å². The van der Waals surface area contributed by atoms with E-state index in [2.05, 4.69) is 62.6 Å². The van der Waals surface area contributed by atoms with Crippen LogP contribution in [0.15, 0.2) is 64.0 Å². The van der Waals surface area contributed by atoms with Gasteiger partial charge in [-0.25, -0.2) is 8.42 Å². The minimum Gasteiger partial charge on any atom is -0.496 e. The van der Waals surface area contributed by atoms with E-state index in [4.69, 9.17) is 13.9 Å². The Morgan fingerprint density at radius 3 is 2.50 bits per heavy atom. The number of aliphatic imine (C=N–C) groups is 1. The van der Waals surface area contributed by atoms with Gasteiger partial charge in [-0.15, -0.1) is 0 Å². The molecular formula is C31H42N2O5SSi. The van der Waals surface area contributed by atoms with Gasteiger partial charge in [0.05, 0.1) is 29.8 Å². The van der Waals surface area contributed by atoms with E-state index in [-0.39, 0.29) is 28.1 Å². The highest BCUT2D eigenvalue weighted by molar-refractivity contribution is 7.90. The number of benzene rings is 2. The first-order valence-corrected chi connectivity index (χ1v) is 18.4. The van der Waals surface area contributed by atoms with Crippen LogP contribution in [0.4, 0.5) is 0 Å². The van der Waals surface area contributed by atoms with E-state index in [1.807, 2.05) is 19.1 Å². The van der Waals surface area contributed by atoms with E-state index in [0.717, 1.165) is 34.4 Å². The van der Waals surface area contributed by atoms with Gasteiger partial charge in [0.2, 0.25) is 0 Å². The largest absolute Gasteiger partial charge is 0.496 e. The molecule has 0 radical (unpaired) electrons. The van der Waals surface area contributed by atoms with Gasteiger partial charge in [-0.3, -0.25) is 9.71 Å². The maximum atomic E-state index is 13.1. The molecule has 2 bridgehead atoms. The maximum absolute atomic E-state index is 13.1. The molecule has 4 atom stereocenters. The van der Waals surface area contributed by atoms with E-state index in [1.165, 1.54) is 0 Å². The van der Waals surface area contributed by atoms with Crippen LogP contribution >= 0.6 is 0 Å². The van der Waals surface area contributed by atoms with Crippen LogP contribution in [0.2, 0.25) is 18.1 Å². The third-order valence-electron chi connectivity index (χ3n) is 9.06. The van der Waals surface area contributed by atoms with Gasteiger partial charge in [-0.1, -0.05) is 50.6 Å². The summed E-state index contributed by atoms with van der Waals surface area (Å²) < 4.78 is 48.9. The summed E-state index contributed by atoms with van der Waals surface area (Å²) in [5, 5.41) is 0.0447. The summed E-state index contributed by atoms with van der Waals surface area (Å²) in [6, 6.07) is 13.0. The van der Waals surface area contributed by atoms with E-state index in [0.29, 0.717) is 18.8 Å². The summed E-state index contributed by atoms with van der Waals surface area (Å²) in [6.45, 7) is 15.9. The predicted octanol–water partition coefficient (Wildman–Crippen LogP) is 6.42. The lowest BCUT2D eigenvalue weighted by Gasteiger charge is -2.46. The summed E-state index contributed by atoms with van der Waals surface area (Å²) in [4.78, 5) is 4.74. The molecular weight excluding hydrogens is 541 g/mol. The molecule has 7 nitrogen and oxygen atoms in total. The average Bonchev–Trinajstić information content (AvgIpc) is 3.42. The quantitative estimate of drug-likeness (QED) is 0.398. The Balaban J connectivity index is 1.49. The van der Waals surface area contributed by atoms with Gasteiger partial charge in [0.1, 0.15) is 11.6 Å². The van der Waals surface area contributed by atoms with Crippen LogP contribution in [-0.2, 0) is 19.2 Å². The fourth-order valence-corrected chi connectivity index (χ4v) is 8.18. The molecule has 2 heterocycles. The lowest BCUT2D eigenvalue weighted by molar-refractivity contribution is -0.0888. The van der Waals surface area contributed by atoms with Gasteiger partial charge < -0.3 is 13.9 Å². The normalized spacial score (nSPS) is 27.4. The number of ether oxygens (including phenoxy) is 2. The van der Waals surface area contributed by atoms with Crippen LogP contribution in [0.25, 0.3) is 0 Å². The molecule has 40 heavy (non-hydrogen) atoms. The minimum absolute atomic E-state index is 0.0447. The second kappa shape index (κ2) is 10.1. The lowest BCUT2D eigenvalue weighted by Crippen LogP contribution is -2.48. The molecule has 216 valence electrons. The van der Waals surface area contributed by atoms with Gasteiger partial charge in [0.15, 0.2) is 8.32 Å². The number of hydrogen-bond acceptors (Lipinski definition) is 6. The Kier molecular flexibility index (Phi) is 7.35. The smallest absolute Gasteiger partial charge is 0.263 e. The summed E-state index contributed by atoms with van der Waals surface area (Å²) in [5.41, 5.74) is 3.59. The number of sulfonamides is 1. The van der Waals surface area contributed by atoms with Crippen molar-refractivity contribution in [2.75, 3.05) is 13.7 Å². The molecule has 1 saturated heterocycles. The molecule has 0 amide bonds. The van der Waals surface area contributed by atoms with E-state index < -0.39 is 23.9 Å². The van der Waals surface area contributed by atoms with Gasteiger partial charge in [-0.05, 0) is 80.2 Å². The molecule has 0 unspecified atom stereocenters. The van der Waals surface area contributed by atoms with E-state index >= 15 is 0 Å². The zero-order valence-electron chi connectivity index (χ0n) is 24.9. The first-order chi connectivity index (χ1) is 18.6. The third kappa shape index (κ3) is 5.17. The predicted molar refractivity (Wildman–Crippen MR) is 161 cm³/mol. The molecule has 1 fully saturated rings. The van der Waals surface area contributed by atoms with Gasteiger partial charge in [-0.2, -0.15) is 0 Å².